The van der Waals surface area contributed by atoms with Crippen molar-refractivity contribution in [2.24, 2.45) is 0 Å². The van der Waals surface area contributed by atoms with E-state index in [0.29, 0.717) is 16.6 Å². The van der Waals surface area contributed by atoms with E-state index in [-0.39, 0.29) is 28.8 Å². The van der Waals surface area contributed by atoms with Gasteiger partial charge in [0.25, 0.3) is 5.91 Å². The van der Waals surface area contributed by atoms with Crippen LogP contribution >= 0.6 is 0 Å². The second-order valence-corrected chi connectivity index (χ2v) is 9.30. The third kappa shape index (κ3) is 5.13. The molecule has 0 saturated heterocycles. The summed E-state index contributed by atoms with van der Waals surface area (Å²) in [4.78, 5) is 21.5. The molecule has 3 heterocycles. The van der Waals surface area contributed by atoms with Gasteiger partial charge in [-0.2, -0.15) is 18.3 Å². The van der Waals surface area contributed by atoms with Crippen molar-refractivity contribution in [3.8, 4) is 11.3 Å². The van der Waals surface area contributed by atoms with E-state index >= 15 is 0 Å². The molecule has 0 fully saturated rings. The largest absolute Gasteiger partial charge is 0.433 e. The predicted molar refractivity (Wildman–Crippen MR) is 136 cm³/mol. The first-order valence-electron chi connectivity index (χ1n) is 11.9. The second-order valence-electron chi connectivity index (χ2n) is 9.30. The van der Waals surface area contributed by atoms with Gasteiger partial charge in [0.15, 0.2) is 11.3 Å². The van der Waals surface area contributed by atoms with Gasteiger partial charge < -0.3 is 0 Å². The molecular weight excluding hydrogens is 495 g/mol. The molecule has 8 nitrogen and oxygen atoms in total. The van der Waals surface area contributed by atoms with E-state index in [4.69, 9.17) is 0 Å². The van der Waals surface area contributed by atoms with Crippen LogP contribution < -0.4 is 5.32 Å². The van der Waals surface area contributed by atoms with E-state index in [9.17, 15) is 18.0 Å². The summed E-state index contributed by atoms with van der Waals surface area (Å²) in [5, 5.41) is 10.6. The molecule has 5 aromatic rings. The number of hydrogen-bond donors (Lipinski definition) is 1. The predicted octanol–water partition coefficient (Wildman–Crippen LogP) is 5.74. The number of benzene rings is 2. The van der Waals surface area contributed by atoms with Crippen molar-refractivity contribution in [1.29, 1.82) is 0 Å². The van der Waals surface area contributed by atoms with E-state index in [1.54, 1.807) is 16.8 Å². The molecular formula is C27H24F3N7O. The fourth-order valence-electron chi connectivity index (χ4n) is 4.11. The van der Waals surface area contributed by atoms with Crippen LogP contribution in [-0.4, -0.2) is 35.3 Å². The number of rotatable bonds is 6. The van der Waals surface area contributed by atoms with Crippen LogP contribution in [0.3, 0.4) is 0 Å². The summed E-state index contributed by atoms with van der Waals surface area (Å²) in [5.74, 6) is -0.441. The molecule has 0 atom stereocenters. The van der Waals surface area contributed by atoms with Gasteiger partial charge in [-0.3, -0.25) is 10.1 Å². The van der Waals surface area contributed by atoms with Crippen molar-refractivity contribution < 1.29 is 18.0 Å². The molecule has 0 bridgehead atoms. The molecule has 0 radical (unpaired) electrons. The molecule has 1 amide bonds. The Hall–Kier alpha value is -4.54. The van der Waals surface area contributed by atoms with Gasteiger partial charge in [-0.15, -0.1) is 5.10 Å². The number of aryl methyl sites for hydroxylation is 1. The Kier molecular flexibility index (Phi) is 6.43. The first-order chi connectivity index (χ1) is 18.1. The van der Waals surface area contributed by atoms with E-state index < -0.39 is 17.8 Å². The van der Waals surface area contributed by atoms with Crippen LogP contribution in [0.5, 0.6) is 0 Å². The van der Waals surface area contributed by atoms with Gasteiger partial charge in [0.05, 0.1) is 18.4 Å². The zero-order valence-corrected chi connectivity index (χ0v) is 20.9. The van der Waals surface area contributed by atoms with Crippen molar-refractivity contribution in [3.63, 3.8) is 0 Å². The Morgan fingerprint density at radius 3 is 2.53 bits per heavy atom. The van der Waals surface area contributed by atoms with Crippen LogP contribution in [0, 0.1) is 6.92 Å². The number of hydrogen-bond acceptors (Lipinski definition) is 5. The number of aromatic nitrogens is 6. The highest BCUT2D eigenvalue weighted by atomic mass is 19.4. The van der Waals surface area contributed by atoms with Gasteiger partial charge in [0.2, 0.25) is 5.95 Å². The van der Waals surface area contributed by atoms with Crippen LogP contribution in [0.1, 0.15) is 52.5 Å². The molecule has 0 unspecified atom stereocenters. The maximum atomic E-state index is 13.9. The average Bonchev–Trinajstić information content (AvgIpc) is 3.49. The average molecular weight is 520 g/mol. The lowest BCUT2D eigenvalue weighted by atomic mass is 10.0. The molecule has 3 aromatic heterocycles. The maximum Gasteiger partial charge on any atom is 0.433 e. The summed E-state index contributed by atoms with van der Waals surface area (Å²) in [6, 6.07) is 15.9. The maximum absolute atomic E-state index is 13.9. The van der Waals surface area contributed by atoms with E-state index in [1.165, 1.54) is 6.33 Å². The topological polar surface area (TPSA) is 90.0 Å². The van der Waals surface area contributed by atoms with E-state index in [0.717, 1.165) is 29.0 Å². The van der Waals surface area contributed by atoms with Crippen molar-refractivity contribution >= 4 is 17.5 Å². The number of nitrogens with one attached hydrogen (secondary N) is 1. The van der Waals surface area contributed by atoms with Crippen LogP contribution in [0.15, 0.2) is 67.1 Å². The van der Waals surface area contributed by atoms with Gasteiger partial charge >= 0.3 is 6.18 Å². The molecule has 0 aliphatic carbocycles. The highest BCUT2D eigenvalue weighted by Gasteiger charge is 2.36. The van der Waals surface area contributed by atoms with Gasteiger partial charge in [0.1, 0.15) is 11.9 Å². The highest BCUT2D eigenvalue weighted by Crippen LogP contribution is 2.33. The zero-order valence-electron chi connectivity index (χ0n) is 20.9. The zero-order chi connectivity index (χ0) is 27.0. The summed E-state index contributed by atoms with van der Waals surface area (Å²) >= 11 is 0. The summed E-state index contributed by atoms with van der Waals surface area (Å²) < 4.78 is 44.0. The summed E-state index contributed by atoms with van der Waals surface area (Å²) in [6.07, 6.45) is -2.20. The standard InChI is InChI=1S/C27H24F3N7O/c1-16(2)19-7-9-20(10-8-19)22-12-23(27(28,29)30)37-24(33-22)21(13-32-37)25(38)34-26-31-15-36(35-26)14-18-6-4-5-17(3)11-18/h4-13,15-16H,14H2,1-3H3,(H,34,35,38). The van der Waals surface area contributed by atoms with Crippen LogP contribution in [0.2, 0.25) is 0 Å². The third-order valence-corrected chi connectivity index (χ3v) is 6.07. The van der Waals surface area contributed by atoms with Gasteiger partial charge in [-0.05, 0) is 30.0 Å². The molecule has 0 spiro atoms. The Bertz CT molecular complexity index is 1620. The van der Waals surface area contributed by atoms with Gasteiger partial charge in [0, 0.05) is 5.56 Å². The third-order valence-electron chi connectivity index (χ3n) is 6.07. The lowest BCUT2D eigenvalue weighted by Gasteiger charge is -2.12. The first kappa shape index (κ1) is 25.1. The summed E-state index contributed by atoms with van der Waals surface area (Å²) in [6.45, 7) is 6.48. The first-order valence-corrected chi connectivity index (χ1v) is 11.9. The minimum absolute atomic E-state index is 0.0125. The Labute approximate surface area is 216 Å². The van der Waals surface area contributed by atoms with Gasteiger partial charge in [-0.1, -0.05) is 67.9 Å². The molecule has 1 N–H and O–H groups in total. The van der Waals surface area contributed by atoms with Gasteiger partial charge in [-0.25, -0.2) is 19.2 Å². The number of nitrogens with zero attached hydrogens (tertiary/aromatic N) is 6. The van der Waals surface area contributed by atoms with Crippen molar-refractivity contribution in [1.82, 2.24) is 29.4 Å². The quantitative estimate of drug-likeness (QED) is 0.309. The van der Waals surface area contributed by atoms with Crippen LogP contribution in [0.25, 0.3) is 16.9 Å². The lowest BCUT2D eigenvalue weighted by Crippen LogP contribution is -2.16. The van der Waals surface area contributed by atoms with E-state index in [1.807, 2.05) is 57.2 Å². The Morgan fingerprint density at radius 2 is 1.84 bits per heavy atom. The smallest absolute Gasteiger partial charge is 0.289 e. The summed E-state index contributed by atoms with van der Waals surface area (Å²) in [7, 11) is 0. The van der Waals surface area contributed by atoms with Crippen molar-refractivity contribution in [3.05, 3.63) is 95.1 Å². The fraction of sp³-hybridized carbons (Fsp3) is 0.222. The number of carbonyl (C=O) groups excluding carboxylic acids is 1. The van der Waals surface area contributed by atoms with Crippen molar-refractivity contribution in [2.45, 2.75) is 39.4 Å². The molecule has 5 rings (SSSR count). The van der Waals surface area contributed by atoms with Crippen LogP contribution in [0.4, 0.5) is 19.1 Å². The molecule has 0 aliphatic heterocycles. The molecule has 0 aliphatic rings. The number of halogens is 3. The monoisotopic (exact) mass is 519 g/mol. The minimum atomic E-state index is -4.72. The molecule has 11 heteroatoms. The lowest BCUT2D eigenvalue weighted by molar-refractivity contribution is -0.142. The highest BCUT2D eigenvalue weighted by molar-refractivity contribution is 6.07. The van der Waals surface area contributed by atoms with Crippen LogP contribution in [-0.2, 0) is 12.7 Å². The molecule has 194 valence electrons. The number of amides is 1. The summed E-state index contributed by atoms with van der Waals surface area (Å²) in [5.41, 5.74) is 2.33. The second kappa shape index (κ2) is 9.73. The van der Waals surface area contributed by atoms with E-state index in [2.05, 4.69) is 25.5 Å². The minimum Gasteiger partial charge on any atom is -0.289 e. The Balaban J connectivity index is 1.46. The number of fused-ring (bicyclic) bond motifs is 1. The fourth-order valence-corrected chi connectivity index (χ4v) is 4.11. The van der Waals surface area contributed by atoms with Crippen molar-refractivity contribution in [2.75, 3.05) is 5.32 Å². The normalized spacial score (nSPS) is 11.9. The molecule has 38 heavy (non-hydrogen) atoms. The number of carbonyl (C=O) groups is 1. The molecule has 2 aromatic carbocycles. The Morgan fingerprint density at radius 1 is 1.08 bits per heavy atom. The SMILES string of the molecule is Cc1cccc(Cn2cnc(NC(=O)c3cnn4c(C(F)(F)F)cc(-c5ccc(C(C)C)cc5)nc34)n2)c1. The molecule has 0 saturated carbocycles. The number of anilines is 1. The number of alkyl halides is 3.